The van der Waals surface area contributed by atoms with E-state index in [-0.39, 0.29) is 5.56 Å². The highest BCUT2D eigenvalue weighted by Crippen LogP contribution is 2.19. The molecule has 4 nitrogen and oxygen atoms in total. The number of hydrogen-bond acceptors (Lipinski definition) is 3. The van der Waals surface area contributed by atoms with Crippen molar-refractivity contribution in [1.29, 1.82) is 0 Å². The minimum atomic E-state index is -0.999. The Balaban J connectivity index is 2.69. The fraction of sp³-hybridized carbons (Fsp3) is 0.417. The van der Waals surface area contributed by atoms with Gasteiger partial charge < -0.3 is 15.6 Å². The van der Waals surface area contributed by atoms with E-state index in [1.165, 1.54) is 12.1 Å². The van der Waals surface area contributed by atoms with Crippen molar-refractivity contribution in [3.8, 4) is 5.75 Å². The molecule has 0 bridgehead atoms. The molecule has 0 aliphatic rings. The van der Waals surface area contributed by atoms with Crippen molar-refractivity contribution in [2.24, 2.45) is 5.92 Å². The summed E-state index contributed by atoms with van der Waals surface area (Å²) in [6.07, 6.45) is 0.928. The molecular formula is C12H17NO3. The molecule has 0 saturated heterocycles. The van der Waals surface area contributed by atoms with E-state index in [4.69, 9.17) is 15.6 Å². The molecule has 0 spiro atoms. The number of benzene rings is 1. The molecule has 0 fully saturated rings. The van der Waals surface area contributed by atoms with Gasteiger partial charge in [-0.2, -0.15) is 0 Å². The molecule has 0 unspecified atom stereocenters. The molecule has 1 aromatic carbocycles. The second-order valence-electron chi connectivity index (χ2n) is 4.13. The van der Waals surface area contributed by atoms with Gasteiger partial charge in [0.15, 0.2) is 0 Å². The average molecular weight is 223 g/mol. The van der Waals surface area contributed by atoms with Crippen LogP contribution in [-0.2, 0) is 0 Å². The summed E-state index contributed by atoms with van der Waals surface area (Å²) in [5.41, 5.74) is 6.14. The van der Waals surface area contributed by atoms with E-state index in [2.05, 4.69) is 13.8 Å². The molecule has 88 valence electrons. The van der Waals surface area contributed by atoms with E-state index < -0.39 is 5.97 Å². The van der Waals surface area contributed by atoms with Gasteiger partial charge in [-0.1, -0.05) is 13.8 Å². The van der Waals surface area contributed by atoms with Crippen LogP contribution in [0.3, 0.4) is 0 Å². The Kier molecular flexibility index (Phi) is 4.17. The first-order valence-corrected chi connectivity index (χ1v) is 5.25. The van der Waals surface area contributed by atoms with Crippen molar-refractivity contribution in [2.45, 2.75) is 20.3 Å². The normalized spacial score (nSPS) is 10.4. The topological polar surface area (TPSA) is 72.5 Å². The van der Waals surface area contributed by atoms with Crippen LogP contribution < -0.4 is 10.5 Å². The maximum Gasteiger partial charge on any atom is 0.335 e. The second kappa shape index (κ2) is 5.39. The number of carboxylic acids is 1. The summed E-state index contributed by atoms with van der Waals surface area (Å²) in [7, 11) is 0. The summed E-state index contributed by atoms with van der Waals surface area (Å²) in [5.74, 6) is 0.0686. The van der Waals surface area contributed by atoms with Crippen molar-refractivity contribution in [1.82, 2.24) is 0 Å². The minimum Gasteiger partial charge on any atom is -0.493 e. The smallest absolute Gasteiger partial charge is 0.335 e. The minimum absolute atomic E-state index is 0.152. The van der Waals surface area contributed by atoms with E-state index >= 15 is 0 Å². The Hall–Kier alpha value is -1.71. The SMILES string of the molecule is CC(C)CCOc1cc(N)cc(C(=O)O)c1. The quantitative estimate of drug-likeness (QED) is 0.752. The number of nitrogens with two attached hydrogens (primary N) is 1. The zero-order valence-corrected chi connectivity index (χ0v) is 9.56. The maximum atomic E-state index is 10.8. The van der Waals surface area contributed by atoms with E-state index in [1.54, 1.807) is 6.07 Å². The summed E-state index contributed by atoms with van der Waals surface area (Å²) < 4.78 is 5.45. The molecule has 1 rings (SSSR count). The number of hydrogen-bond donors (Lipinski definition) is 2. The lowest BCUT2D eigenvalue weighted by Gasteiger charge is -2.09. The molecule has 0 aliphatic carbocycles. The molecule has 0 heterocycles. The highest BCUT2D eigenvalue weighted by atomic mass is 16.5. The number of carbonyl (C=O) groups is 1. The maximum absolute atomic E-state index is 10.8. The summed E-state index contributed by atoms with van der Waals surface area (Å²) >= 11 is 0. The van der Waals surface area contributed by atoms with E-state index in [1.807, 2.05) is 0 Å². The first-order chi connectivity index (χ1) is 7.49. The van der Waals surface area contributed by atoms with Gasteiger partial charge in [-0.15, -0.1) is 0 Å². The van der Waals surface area contributed by atoms with Gasteiger partial charge in [-0.3, -0.25) is 0 Å². The number of carboxylic acid groups (broad SMARTS) is 1. The van der Waals surface area contributed by atoms with Crippen LogP contribution in [0.4, 0.5) is 5.69 Å². The fourth-order valence-corrected chi connectivity index (χ4v) is 1.24. The van der Waals surface area contributed by atoms with Gasteiger partial charge in [0.1, 0.15) is 5.75 Å². The molecule has 0 saturated carbocycles. The number of nitrogen functional groups attached to an aromatic ring is 1. The van der Waals surface area contributed by atoms with Gasteiger partial charge in [0.05, 0.1) is 12.2 Å². The Bertz CT molecular complexity index is 375. The number of anilines is 1. The Labute approximate surface area is 95.0 Å². The van der Waals surface area contributed by atoms with E-state index in [0.717, 1.165) is 6.42 Å². The van der Waals surface area contributed by atoms with Crippen LogP contribution >= 0.6 is 0 Å². The standard InChI is InChI=1S/C12H17NO3/c1-8(2)3-4-16-11-6-9(12(14)15)5-10(13)7-11/h5-8H,3-4,13H2,1-2H3,(H,14,15). The summed E-state index contributed by atoms with van der Waals surface area (Å²) in [6.45, 7) is 4.77. The van der Waals surface area contributed by atoms with Crippen LogP contribution in [0.5, 0.6) is 5.75 Å². The van der Waals surface area contributed by atoms with Crippen LogP contribution in [0, 0.1) is 5.92 Å². The first-order valence-electron chi connectivity index (χ1n) is 5.25. The van der Waals surface area contributed by atoms with Crippen LogP contribution in [0.15, 0.2) is 18.2 Å². The number of rotatable bonds is 5. The van der Waals surface area contributed by atoms with E-state index in [0.29, 0.717) is 24.0 Å². The Morgan fingerprint density at radius 3 is 2.69 bits per heavy atom. The predicted octanol–water partition coefficient (Wildman–Crippen LogP) is 2.39. The van der Waals surface area contributed by atoms with E-state index in [9.17, 15) is 4.79 Å². The third-order valence-electron chi connectivity index (χ3n) is 2.14. The lowest BCUT2D eigenvalue weighted by atomic mass is 10.1. The third kappa shape index (κ3) is 3.81. The molecular weight excluding hydrogens is 206 g/mol. The van der Waals surface area contributed by atoms with Crippen LogP contribution in [0.1, 0.15) is 30.6 Å². The monoisotopic (exact) mass is 223 g/mol. The molecule has 16 heavy (non-hydrogen) atoms. The molecule has 0 atom stereocenters. The highest BCUT2D eigenvalue weighted by molar-refractivity contribution is 5.89. The van der Waals surface area contributed by atoms with Gasteiger partial charge in [0.25, 0.3) is 0 Å². The first kappa shape index (κ1) is 12.4. The van der Waals surface area contributed by atoms with Gasteiger partial charge in [0, 0.05) is 11.8 Å². The molecule has 0 aliphatic heterocycles. The van der Waals surface area contributed by atoms with Gasteiger partial charge >= 0.3 is 5.97 Å². The predicted molar refractivity (Wildman–Crippen MR) is 62.8 cm³/mol. The summed E-state index contributed by atoms with van der Waals surface area (Å²) in [5, 5.41) is 8.84. The molecule has 4 heteroatoms. The number of aromatic carboxylic acids is 1. The van der Waals surface area contributed by atoms with Crippen molar-refractivity contribution < 1.29 is 14.6 Å². The molecule has 1 aromatic rings. The van der Waals surface area contributed by atoms with Gasteiger partial charge in [-0.25, -0.2) is 4.79 Å². The lowest BCUT2D eigenvalue weighted by Crippen LogP contribution is -2.04. The van der Waals surface area contributed by atoms with Gasteiger partial charge in [-0.05, 0) is 24.5 Å². The zero-order valence-electron chi connectivity index (χ0n) is 9.56. The fourth-order valence-electron chi connectivity index (χ4n) is 1.24. The zero-order chi connectivity index (χ0) is 12.1. The second-order valence-corrected chi connectivity index (χ2v) is 4.13. The van der Waals surface area contributed by atoms with Crippen LogP contribution in [-0.4, -0.2) is 17.7 Å². The molecule has 0 amide bonds. The van der Waals surface area contributed by atoms with Crippen LogP contribution in [0.2, 0.25) is 0 Å². The average Bonchev–Trinajstić information content (AvgIpc) is 2.16. The highest BCUT2D eigenvalue weighted by Gasteiger charge is 2.06. The van der Waals surface area contributed by atoms with Crippen molar-refractivity contribution in [3.05, 3.63) is 23.8 Å². The number of ether oxygens (including phenoxy) is 1. The van der Waals surface area contributed by atoms with Gasteiger partial charge in [0.2, 0.25) is 0 Å². The molecule has 0 aromatic heterocycles. The largest absolute Gasteiger partial charge is 0.493 e. The van der Waals surface area contributed by atoms with Crippen molar-refractivity contribution in [3.63, 3.8) is 0 Å². The van der Waals surface area contributed by atoms with Crippen LogP contribution in [0.25, 0.3) is 0 Å². The molecule has 3 N–H and O–H groups in total. The Morgan fingerprint density at radius 1 is 1.44 bits per heavy atom. The lowest BCUT2D eigenvalue weighted by molar-refractivity contribution is 0.0696. The summed E-state index contributed by atoms with van der Waals surface area (Å²) in [4.78, 5) is 10.8. The molecule has 0 radical (unpaired) electrons. The van der Waals surface area contributed by atoms with Crippen molar-refractivity contribution in [2.75, 3.05) is 12.3 Å². The van der Waals surface area contributed by atoms with Crippen molar-refractivity contribution >= 4 is 11.7 Å². The Morgan fingerprint density at radius 2 is 2.12 bits per heavy atom. The third-order valence-corrected chi connectivity index (χ3v) is 2.14. The summed E-state index contributed by atoms with van der Waals surface area (Å²) in [6, 6.07) is 4.53.